The summed E-state index contributed by atoms with van der Waals surface area (Å²) in [6, 6.07) is 10.8. The molecule has 1 aromatic carbocycles. The van der Waals surface area contributed by atoms with Crippen molar-refractivity contribution in [3.05, 3.63) is 57.2 Å². The maximum absolute atomic E-state index is 11.9. The van der Waals surface area contributed by atoms with Crippen LogP contribution in [0.5, 0.6) is 0 Å². The second-order valence-corrected chi connectivity index (χ2v) is 6.41. The predicted octanol–water partition coefficient (Wildman–Crippen LogP) is 2.95. The van der Waals surface area contributed by atoms with E-state index in [4.69, 9.17) is 16.3 Å². The van der Waals surface area contributed by atoms with Crippen molar-refractivity contribution < 1.29 is 19.1 Å². The minimum atomic E-state index is -0.859. The van der Waals surface area contributed by atoms with Crippen LogP contribution in [-0.2, 0) is 9.53 Å². The number of carbonyl (C=O) groups is 3. The largest absolute Gasteiger partial charge is 0.456 e. The van der Waals surface area contributed by atoms with Crippen molar-refractivity contribution in [3.63, 3.8) is 0 Å². The first kappa shape index (κ1) is 17.2. The summed E-state index contributed by atoms with van der Waals surface area (Å²) in [5.41, 5.74) is 0.441. The fraction of sp³-hybridized carbons (Fsp3) is 0.188. The summed E-state index contributed by atoms with van der Waals surface area (Å²) in [6.45, 7) is 1.11. The van der Waals surface area contributed by atoms with E-state index in [1.807, 2.05) is 0 Å². The molecule has 120 valence electrons. The van der Waals surface area contributed by atoms with Gasteiger partial charge >= 0.3 is 5.97 Å². The highest BCUT2D eigenvalue weighted by Crippen LogP contribution is 2.21. The first-order valence-corrected chi connectivity index (χ1v) is 7.98. The Balaban J connectivity index is 1.83. The van der Waals surface area contributed by atoms with Crippen LogP contribution in [0.15, 0.2) is 42.5 Å². The van der Waals surface area contributed by atoms with E-state index < -0.39 is 12.0 Å². The van der Waals surface area contributed by atoms with E-state index in [9.17, 15) is 14.4 Å². The van der Waals surface area contributed by atoms with E-state index >= 15 is 0 Å². The third kappa shape index (κ3) is 4.91. The maximum atomic E-state index is 11.9. The topological polar surface area (TPSA) is 72.5 Å². The van der Waals surface area contributed by atoms with Gasteiger partial charge < -0.3 is 10.1 Å². The lowest BCUT2D eigenvalue weighted by molar-refractivity contribution is -0.144. The van der Waals surface area contributed by atoms with Gasteiger partial charge in [-0.25, -0.2) is 4.79 Å². The lowest BCUT2D eigenvalue weighted by Gasteiger charge is -2.13. The Morgan fingerprint density at radius 3 is 2.48 bits per heavy atom. The van der Waals surface area contributed by atoms with E-state index in [-0.39, 0.29) is 18.3 Å². The average molecular weight is 352 g/mol. The Morgan fingerprint density at radius 2 is 1.87 bits per heavy atom. The van der Waals surface area contributed by atoms with Crippen LogP contribution in [0.3, 0.4) is 0 Å². The number of halogens is 1. The van der Waals surface area contributed by atoms with Crippen LogP contribution in [0.1, 0.15) is 27.0 Å². The van der Waals surface area contributed by atoms with Gasteiger partial charge in [0.1, 0.15) is 6.04 Å². The molecule has 0 spiro atoms. The number of ketones is 1. The second kappa shape index (κ2) is 7.89. The number of carbonyl (C=O) groups excluding carboxylic acids is 3. The summed E-state index contributed by atoms with van der Waals surface area (Å²) in [4.78, 5) is 36.0. The highest BCUT2D eigenvalue weighted by atomic mass is 35.5. The molecule has 0 saturated carbocycles. The van der Waals surface area contributed by atoms with Crippen molar-refractivity contribution in [2.75, 3.05) is 6.61 Å². The molecule has 0 aliphatic rings. The highest BCUT2D eigenvalue weighted by molar-refractivity contribution is 7.18. The van der Waals surface area contributed by atoms with Crippen molar-refractivity contribution in [2.45, 2.75) is 13.0 Å². The lowest BCUT2D eigenvalue weighted by atomic mass is 10.2. The molecule has 2 aromatic rings. The Morgan fingerprint density at radius 1 is 1.17 bits per heavy atom. The molecule has 5 nitrogen and oxygen atoms in total. The van der Waals surface area contributed by atoms with Crippen molar-refractivity contribution in [2.24, 2.45) is 0 Å². The zero-order valence-electron chi connectivity index (χ0n) is 12.2. The Hall–Kier alpha value is -2.18. The summed E-state index contributed by atoms with van der Waals surface area (Å²) in [7, 11) is 0. The Labute approximate surface area is 142 Å². The molecule has 2 rings (SSSR count). The van der Waals surface area contributed by atoms with E-state index in [0.717, 1.165) is 11.3 Å². The maximum Gasteiger partial charge on any atom is 0.328 e. The van der Waals surface area contributed by atoms with Gasteiger partial charge in [-0.15, -0.1) is 11.3 Å². The summed E-state index contributed by atoms with van der Waals surface area (Å²) >= 11 is 6.86. The van der Waals surface area contributed by atoms with Gasteiger partial charge in [-0.2, -0.15) is 0 Å². The molecule has 0 radical (unpaired) electrons. The second-order valence-electron chi connectivity index (χ2n) is 4.70. The fourth-order valence-corrected chi connectivity index (χ4v) is 2.69. The van der Waals surface area contributed by atoms with Crippen molar-refractivity contribution in [3.8, 4) is 0 Å². The number of benzene rings is 1. The van der Waals surface area contributed by atoms with Gasteiger partial charge in [0.05, 0.1) is 9.21 Å². The van der Waals surface area contributed by atoms with Gasteiger partial charge in [0.2, 0.25) is 5.78 Å². The van der Waals surface area contributed by atoms with E-state index in [0.29, 0.717) is 14.8 Å². The van der Waals surface area contributed by atoms with Crippen molar-refractivity contribution in [1.82, 2.24) is 5.32 Å². The molecule has 0 saturated heterocycles. The minimum absolute atomic E-state index is 0.336. The van der Waals surface area contributed by atoms with Gasteiger partial charge in [-0.3, -0.25) is 9.59 Å². The first-order chi connectivity index (χ1) is 11.0. The smallest absolute Gasteiger partial charge is 0.328 e. The standard InChI is InChI=1S/C16H14ClNO4S/c1-10(18-15(20)11-5-3-2-4-6-11)16(21)22-9-12(19)13-7-8-14(17)23-13/h2-8,10H,9H2,1H3,(H,18,20)/t10-/m0/s1. The summed E-state index contributed by atoms with van der Waals surface area (Å²) < 4.78 is 5.42. The molecule has 0 unspecified atom stereocenters. The van der Waals surface area contributed by atoms with E-state index in [1.165, 1.54) is 6.92 Å². The zero-order chi connectivity index (χ0) is 16.8. The number of hydrogen-bond donors (Lipinski definition) is 1. The van der Waals surface area contributed by atoms with Crippen molar-refractivity contribution >= 4 is 40.6 Å². The van der Waals surface area contributed by atoms with Crippen LogP contribution in [0, 0.1) is 0 Å². The first-order valence-electron chi connectivity index (χ1n) is 6.78. The highest BCUT2D eigenvalue weighted by Gasteiger charge is 2.19. The number of ether oxygens (including phenoxy) is 1. The summed E-state index contributed by atoms with van der Waals surface area (Å²) in [5.74, 6) is -1.39. The minimum Gasteiger partial charge on any atom is -0.456 e. The molecule has 1 heterocycles. The van der Waals surface area contributed by atoms with Crippen LogP contribution in [-0.4, -0.2) is 30.3 Å². The number of thiophene rings is 1. The number of esters is 1. The molecule has 1 atom stereocenters. The normalized spacial score (nSPS) is 11.6. The van der Waals surface area contributed by atoms with Crippen LogP contribution >= 0.6 is 22.9 Å². The number of hydrogen-bond acceptors (Lipinski definition) is 5. The monoisotopic (exact) mass is 351 g/mol. The van der Waals surface area contributed by atoms with E-state index in [1.54, 1.807) is 42.5 Å². The molecule has 7 heteroatoms. The van der Waals surface area contributed by atoms with E-state index in [2.05, 4.69) is 5.32 Å². The Bertz CT molecular complexity index is 714. The van der Waals surface area contributed by atoms with Crippen LogP contribution < -0.4 is 5.32 Å². The predicted molar refractivity (Wildman–Crippen MR) is 88.0 cm³/mol. The van der Waals surface area contributed by atoms with Gasteiger partial charge in [-0.1, -0.05) is 29.8 Å². The third-order valence-electron chi connectivity index (χ3n) is 2.93. The molecule has 0 fully saturated rings. The quantitative estimate of drug-likeness (QED) is 0.641. The average Bonchev–Trinajstić information content (AvgIpc) is 2.99. The molecule has 23 heavy (non-hydrogen) atoms. The van der Waals surface area contributed by atoms with Crippen LogP contribution in [0.2, 0.25) is 4.34 Å². The van der Waals surface area contributed by atoms with Crippen LogP contribution in [0.4, 0.5) is 0 Å². The van der Waals surface area contributed by atoms with Gasteiger partial charge in [-0.05, 0) is 31.2 Å². The molecular weight excluding hydrogens is 338 g/mol. The zero-order valence-corrected chi connectivity index (χ0v) is 13.8. The van der Waals surface area contributed by atoms with Crippen LogP contribution in [0.25, 0.3) is 0 Å². The van der Waals surface area contributed by atoms with Crippen molar-refractivity contribution in [1.29, 1.82) is 0 Å². The molecule has 1 N–H and O–H groups in total. The molecule has 0 bridgehead atoms. The molecule has 0 aliphatic heterocycles. The van der Waals surface area contributed by atoms with Gasteiger partial charge in [0.25, 0.3) is 5.91 Å². The summed E-state index contributed by atoms with van der Waals surface area (Å²) in [6.07, 6.45) is 0. The fourth-order valence-electron chi connectivity index (χ4n) is 1.73. The Kier molecular flexibility index (Phi) is 5.90. The molecule has 1 aromatic heterocycles. The van der Waals surface area contributed by atoms with Gasteiger partial charge in [0, 0.05) is 5.56 Å². The number of Topliss-reactive ketones (excluding diaryl/α,β-unsaturated/α-hetero) is 1. The van der Waals surface area contributed by atoms with Gasteiger partial charge in [0.15, 0.2) is 6.61 Å². The SMILES string of the molecule is C[C@H](NC(=O)c1ccccc1)C(=O)OCC(=O)c1ccc(Cl)s1. The lowest BCUT2D eigenvalue weighted by Crippen LogP contribution is -2.40. The molecular formula is C16H14ClNO4S. The number of rotatable bonds is 6. The third-order valence-corrected chi connectivity index (χ3v) is 4.20. The molecule has 0 aliphatic carbocycles. The number of nitrogens with one attached hydrogen (secondary N) is 1. The number of amides is 1. The summed E-state index contributed by atoms with van der Waals surface area (Å²) in [5, 5.41) is 2.52. The molecule has 1 amide bonds.